The molecule has 2 aromatic rings. The Kier molecular flexibility index (Phi) is 4.66. The zero-order valence-corrected chi connectivity index (χ0v) is 12.7. The van der Waals surface area contributed by atoms with E-state index in [1.807, 2.05) is 23.6 Å². The highest BCUT2D eigenvalue weighted by atomic mass is 16.5. The van der Waals surface area contributed by atoms with Gasteiger partial charge in [-0.05, 0) is 6.92 Å². The third-order valence-corrected chi connectivity index (χ3v) is 3.28. The molecule has 0 bridgehead atoms. The lowest BCUT2D eigenvalue weighted by atomic mass is 10.2. The van der Waals surface area contributed by atoms with E-state index in [4.69, 9.17) is 19.5 Å². The molecular formula is C15H19N3O3. The largest absolute Gasteiger partial charge is 0.493 e. The van der Waals surface area contributed by atoms with Crippen LogP contribution < -0.4 is 9.47 Å². The number of ether oxygens (including phenoxy) is 3. The van der Waals surface area contributed by atoms with Crippen LogP contribution in [0.4, 0.5) is 0 Å². The Morgan fingerprint density at radius 2 is 1.90 bits per heavy atom. The predicted octanol–water partition coefficient (Wildman–Crippen LogP) is 2.36. The highest BCUT2D eigenvalue weighted by Gasteiger charge is 2.16. The molecule has 0 aliphatic heterocycles. The molecule has 2 rings (SSSR count). The third kappa shape index (κ3) is 2.93. The Morgan fingerprint density at radius 3 is 2.48 bits per heavy atom. The first-order valence-electron chi connectivity index (χ1n) is 6.64. The number of aromatic nitrogens is 2. The summed E-state index contributed by atoms with van der Waals surface area (Å²) >= 11 is 0. The first-order chi connectivity index (χ1) is 10.1. The molecular weight excluding hydrogens is 270 g/mol. The number of hydrogen-bond acceptors (Lipinski definition) is 5. The van der Waals surface area contributed by atoms with Crippen molar-refractivity contribution in [1.82, 2.24) is 9.55 Å². The van der Waals surface area contributed by atoms with Crippen molar-refractivity contribution in [2.24, 2.45) is 5.92 Å². The second-order valence-electron chi connectivity index (χ2n) is 4.80. The van der Waals surface area contributed by atoms with E-state index in [0.717, 1.165) is 16.9 Å². The van der Waals surface area contributed by atoms with Crippen molar-refractivity contribution in [1.29, 1.82) is 5.26 Å². The van der Waals surface area contributed by atoms with Gasteiger partial charge >= 0.3 is 0 Å². The summed E-state index contributed by atoms with van der Waals surface area (Å²) < 4.78 is 17.8. The van der Waals surface area contributed by atoms with Crippen molar-refractivity contribution in [3.8, 4) is 17.6 Å². The van der Waals surface area contributed by atoms with Gasteiger partial charge in [-0.3, -0.25) is 0 Å². The zero-order chi connectivity index (χ0) is 15.4. The van der Waals surface area contributed by atoms with Gasteiger partial charge in [0.15, 0.2) is 11.5 Å². The molecule has 0 aliphatic carbocycles. The molecule has 0 aliphatic rings. The van der Waals surface area contributed by atoms with Gasteiger partial charge < -0.3 is 18.8 Å². The van der Waals surface area contributed by atoms with Crippen molar-refractivity contribution in [2.75, 3.05) is 21.3 Å². The monoisotopic (exact) mass is 289 g/mol. The van der Waals surface area contributed by atoms with Gasteiger partial charge in [0, 0.05) is 25.8 Å². The number of fused-ring (bicyclic) bond motifs is 1. The van der Waals surface area contributed by atoms with E-state index in [1.165, 1.54) is 0 Å². The molecule has 1 aromatic carbocycles. The minimum Gasteiger partial charge on any atom is -0.493 e. The van der Waals surface area contributed by atoms with Crippen LogP contribution in [-0.4, -0.2) is 30.9 Å². The highest BCUT2D eigenvalue weighted by molar-refractivity contribution is 5.80. The fraction of sp³-hybridized carbons (Fsp3) is 0.467. The van der Waals surface area contributed by atoms with Gasteiger partial charge in [-0.25, -0.2) is 4.98 Å². The second kappa shape index (κ2) is 6.46. The average molecular weight is 289 g/mol. The molecule has 1 atom stereocenters. The molecule has 0 amide bonds. The Balaban J connectivity index is 2.61. The minimum atomic E-state index is -0.119. The summed E-state index contributed by atoms with van der Waals surface area (Å²) in [7, 11) is 4.81. The quantitative estimate of drug-likeness (QED) is 0.816. The number of nitriles is 1. The normalized spacial score (nSPS) is 12.1. The lowest BCUT2D eigenvalue weighted by Gasteiger charge is -2.11. The molecule has 1 unspecified atom stereocenters. The molecule has 112 valence electrons. The van der Waals surface area contributed by atoms with Gasteiger partial charge in [0.25, 0.3) is 0 Å². The van der Waals surface area contributed by atoms with Crippen molar-refractivity contribution in [3.05, 3.63) is 18.0 Å². The maximum Gasteiger partial charge on any atom is 0.163 e. The Bertz CT molecular complexity index is 673. The van der Waals surface area contributed by atoms with Crippen LogP contribution in [0, 0.1) is 17.2 Å². The Morgan fingerprint density at radius 1 is 1.24 bits per heavy atom. The topological polar surface area (TPSA) is 69.3 Å². The van der Waals surface area contributed by atoms with Gasteiger partial charge in [0.2, 0.25) is 0 Å². The maximum atomic E-state index is 9.05. The number of methoxy groups -OCH3 is 3. The van der Waals surface area contributed by atoms with Gasteiger partial charge in [-0.2, -0.15) is 5.26 Å². The Labute approximate surface area is 123 Å². The van der Waals surface area contributed by atoms with E-state index in [2.05, 4.69) is 11.1 Å². The van der Waals surface area contributed by atoms with Crippen LogP contribution >= 0.6 is 0 Å². The van der Waals surface area contributed by atoms with E-state index in [-0.39, 0.29) is 5.92 Å². The molecule has 6 nitrogen and oxygen atoms in total. The highest BCUT2D eigenvalue weighted by Crippen LogP contribution is 2.32. The summed E-state index contributed by atoms with van der Waals surface area (Å²) in [6.45, 7) is 2.82. The number of hydrogen-bond donors (Lipinski definition) is 0. The molecule has 0 saturated heterocycles. The van der Waals surface area contributed by atoms with Gasteiger partial charge in [0.1, 0.15) is 12.4 Å². The van der Waals surface area contributed by atoms with Crippen LogP contribution in [0.25, 0.3) is 11.0 Å². The van der Waals surface area contributed by atoms with E-state index in [0.29, 0.717) is 24.7 Å². The van der Waals surface area contributed by atoms with Crippen LogP contribution in [0.1, 0.15) is 12.7 Å². The van der Waals surface area contributed by atoms with E-state index >= 15 is 0 Å². The second-order valence-corrected chi connectivity index (χ2v) is 4.80. The summed E-state index contributed by atoms with van der Waals surface area (Å²) in [5.74, 6) is 1.93. The van der Waals surface area contributed by atoms with E-state index < -0.39 is 0 Å². The molecule has 0 fully saturated rings. The average Bonchev–Trinajstić information content (AvgIpc) is 2.82. The lowest BCUT2D eigenvalue weighted by molar-refractivity contribution is 0.174. The van der Waals surface area contributed by atoms with Gasteiger partial charge in [0.05, 0.1) is 37.2 Å². The number of rotatable bonds is 6. The van der Waals surface area contributed by atoms with Crippen LogP contribution in [0.5, 0.6) is 11.5 Å². The lowest BCUT2D eigenvalue weighted by Crippen LogP contribution is -2.10. The summed E-state index contributed by atoms with van der Waals surface area (Å²) in [6.07, 6.45) is 0. The molecule has 0 saturated carbocycles. The summed E-state index contributed by atoms with van der Waals surface area (Å²) in [6, 6.07) is 5.96. The standard InChI is InChI=1S/C15H19N3O3/c1-10(7-16)8-18-12-6-14(21-4)13(20-3)5-11(12)17-15(18)9-19-2/h5-6,10H,8-9H2,1-4H3. The summed E-state index contributed by atoms with van der Waals surface area (Å²) in [5.41, 5.74) is 1.70. The van der Waals surface area contributed by atoms with Crippen molar-refractivity contribution in [2.45, 2.75) is 20.1 Å². The molecule has 6 heteroatoms. The smallest absolute Gasteiger partial charge is 0.163 e. The molecule has 21 heavy (non-hydrogen) atoms. The van der Waals surface area contributed by atoms with Crippen LogP contribution in [0.3, 0.4) is 0 Å². The van der Waals surface area contributed by atoms with Crippen molar-refractivity contribution < 1.29 is 14.2 Å². The first-order valence-corrected chi connectivity index (χ1v) is 6.64. The molecule has 0 radical (unpaired) electrons. The fourth-order valence-electron chi connectivity index (χ4n) is 2.26. The molecule has 0 spiro atoms. The van der Waals surface area contributed by atoms with Crippen molar-refractivity contribution in [3.63, 3.8) is 0 Å². The molecule has 1 heterocycles. The van der Waals surface area contributed by atoms with E-state index in [1.54, 1.807) is 21.3 Å². The fourth-order valence-corrected chi connectivity index (χ4v) is 2.26. The molecule has 1 aromatic heterocycles. The first kappa shape index (κ1) is 15.1. The van der Waals surface area contributed by atoms with Crippen molar-refractivity contribution >= 4 is 11.0 Å². The van der Waals surface area contributed by atoms with Crippen LogP contribution in [0.15, 0.2) is 12.1 Å². The Hall–Kier alpha value is -2.26. The minimum absolute atomic E-state index is 0.119. The zero-order valence-electron chi connectivity index (χ0n) is 12.7. The summed E-state index contributed by atoms with van der Waals surface area (Å²) in [4.78, 5) is 4.57. The summed E-state index contributed by atoms with van der Waals surface area (Å²) in [5, 5.41) is 9.05. The molecule has 0 N–H and O–H groups in total. The van der Waals surface area contributed by atoms with Crippen LogP contribution in [0.2, 0.25) is 0 Å². The van der Waals surface area contributed by atoms with Gasteiger partial charge in [-0.15, -0.1) is 0 Å². The van der Waals surface area contributed by atoms with E-state index in [9.17, 15) is 0 Å². The van der Waals surface area contributed by atoms with Gasteiger partial charge in [-0.1, -0.05) is 0 Å². The van der Waals surface area contributed by atoms with Crippen LogP contribution in [-0.2, 0) is 17.9 Å². The number of imidazole rings is 1. The third-order valence-electron chi connectivity index (χ3n) is 3.28. The predicted molar refractivity (Wildman–Crippen MR) is 78.3 cm³/mol. The SMILES string of the molecule is COCc1nc2cc(OC)c(OC)cc2n1CC(C)C#N. The maximum absolute atomic E-state index is 9.05. The number of nitrogens with zero attached hydrogens (tertiary/aromatic N) is 3. The number of benzene rings is 1.